The molecule has 0 radical (unpaired) electrons. The summed E-state index contributed by atoms with van der Waals surface area (Å²) in [7, 11) is 0. The number of hydrogen-bond donors (Lipinski definition) is 1. The number of likely N-dealkylation sites (tertiary alicyclic amines) is 1. The molecule has 4 rings (SSSR count). The van der Waals surface area contributed by atoms with Gasteiger partial charge in [0.05, 0.1) is 18.1 Å². The van der Waals surface area contributed by atoms with Crippen molar-refractivity contribution in [1.82, 2.24) is 10.2 Å². The molecule has 3 aliphatic rings. The van der Waals surface area contributed by atoms with Gasteiger partial charge < -0.3 is 15.0 Å². The average molecular weight is 449 g/mol. The van der Waals surface area contributed by atoms with Crippen molar-refractivity contribution in [3.8, 4) is 0 Å². The fourth-order valence-corrected chi connectivity index (χ4v) is 5.35. The molecule has 2 heterocycles. The summed E-state index contributed by atoms with van der Waals surface area (Å²) in [5.41, 5.74) is 0.00848. The van der Waals surface area contributed by atoms with Gasteiger partial charge in [-0.05, 0) is 89.1 Å². The van der Waals surface area contributed by atoms with Crippen molar-refractivity contribution in [2.24, 2.45) is 17.8 Å². The molecule has 1 amide bonds. The van der Waals surface area contributed by atoms with E-state index in [1.165, 1.54) is 6.07 Å². The van der Waals surface area contributed by atoms with Gasteiger partial charge >= 0.3 is 0 Å². The number of Topliss-reactive ketones (excluding diaryl/α,β-unsaturated/α-hetero) is 1. The Morgan fingerprint density at radius 2 is 1.75 bits per heavy atom. The second-order valence-corrected chi connectivity index (χ2v) is 9.68. The first-order valence-corrected chi connectivity index (χ1v) is 12.1. The van der Waals surface area contributed by atoms with E-state index in [9.17, 15) is 18.4 Å². The number of benzene rings is 1. The normalized spacial score (nSPS) is 27.4. The van der Waals surface area contributed by atoms with E-state index < -0.39 is 11.6 Å². The summed E-state index contributed by atoms with van der Waals surface area (Å²) in [5, 5.41) is 3.21. The van der Waals surface area contributed by atoms with Crippen molar-refractivity contribution >= 4 is 11.7 Å². The van der Waals surface area contributed by atoms with E-state index >= 15 is 0 Å². The van der Waals surface area contributed by atoms with Crippen LogP contribution in [0.3, 0.4) is 0 Å². The van der Waals surface area contributed by atoms with Crippen LogP contribution in [0.5, 0.6) is 0 Å². The lowest BCUT2D eigenvalue weighted by Gasteiger charge is -2.34. The van der Waals surface area contributed by atoms with Gasteiger partial charge in [0.1, 0.15) is 11.6 Å². The van der Waals surface area contributed by atoms with Gasteiger partial charge in [0.25, 0.3) is 0 Å². The fraction of sp³-hybridized carbons (Fsp3) is 0.680. The van der Waals surface area contributed by atoms with Crippen LogP contribution in [0.2, 0.25) is 0 Å². The number of hydrogen-bond acceptors (Lipinski definition) is 4. The van der Waals surface area contributed by atoms with E-state index in [1.807, 2.05) is 0 Å². The molecule has 0 unspecified atom stereocenters. The second kappa shape index (κ2) is 10.8. The van der Waals surface area contributed by atoms with Gasteiger partial charge in [-0.15, -0.1) is 0 Å². The molecule has 0 aromatic heterocycles. The third-order valence-electron chi connectivity index (χ3n) is 7.50. The zero-order valence-electron chi connectivity index (χ0n) is 18.7. The topological polar surface area (TPSA) is 58.6 Å². The van der Waals surface area contributed by atoms with Gasteiger partial charge in [-0.3, -0.25) is 9.59 Å². The van der Waals surface area contributed by atoms with E-state index in [0.717, 1.165) is 83.1 Å². The SMILES string of the molecule is O=C(c1ccc(F)cc1F)C1CCN(CCC2CCC(NC(=O)[C@@H]3CCOC3)CC2)CC1. The lowest BCUT2D eigenvalue weighted by Crippen LogP contribution is -2.41. The van der Waals surface area contributed by atoms with Crippen molar-refractivity contribution in [3.63, 3.8) is 0 Å². The maximum absolute atomic E-state index is 13.9. The number of nitrogens with zero attached hydrogens (tertiary/aromatic N) is 1. The van der Waals surface area contributed by atoms with E-state index in [-0.39, 0.29) is 29.1 Å². The Kier molecular flexibility index (Phi) is 7.89. The summed E-state index contributed by atoms with van der Waals surface area (Å²) in [4.78, 5) is 27.3. The van der Waals surface area contributed by atoms with Gasteiger partial charge in [0.15, 0.2) is 5.78 Å². The average Bonchev–Trinajstić information content (AvgIpc) is 3.34. The number of nitrogens with one attached hydrogen (secondary N) is 1. The standard InChI is InChI=1S/C25H34F2N2O3/c26-20-3-6-22(23(27)15-20)24(30)18-8-12-29(13-9-18)11-7-17-1-4-21(5-2-17)28-25(31)19-10-14-32-16-19/h3,6,15,17-19,21H,1-2,4-5,7-14,16H2,(H,28,31)/t17?,19-,21?/m1/s1. The Balaban J connectivity index is 1.13. The highest BCUT2D eigenvalue weighted by Crippen LogP contribution is 2.29. The number of piperidine rings is 1. The molecule has 2 saturated heterocycles. The van der Waals surface area contributed by atoms with Crippen LogP contribution < -0.4 is 5.32 Å². The molecule has 1 aromatic rings. The van der Waals surface area contributed by atoms with Gasteiger partial charge in [-0.2, -0.15) is 0 Å². The Labute approximate surface area is 188 Å². The third-order valence-corrected chi connectivity index (χ3v) is 7.50. The highest BCUT2D eigenvalue weighted by atomic mass is 19.1. The highest BCUT2D eigenvalue weighted by Gasteiger charge is 2.30. The number of carbonyl (C=O) groups excluding carboxylic acids is 2. The van der Waals surface area contributed by atoms with Gasteiger partial charge in [0.2, 0.25) is 5.91 Å². The summed E-state index contributed by atoms with van der Waals surface area (Å²) in [6.45, 7) is 3.96. The molecule has 3 fully saturated rings. The molecule has 5 nitrogen and oxygen atoms in total. The zero-order valence-corrected chi connectivity index (χ0v) is 18.7. The van der Waals surface area contributed by atoms with Crippen LogP contribution in [0, 0.1) is 29.4 Å². The van der Waals surface area contributed by atoms with Crippen LogP contribution in [-0.2, 0) is 9.53 Å². The van der Waals surface area contributed by atoms with E-state index in [2.05, 4.69) is 10.2 Å². The first kappa shape index (κ1) is 23.3. The zero-order chi connectivity index (χ0) is 22.5. The Hall–Kier alpha value is -1.86. The maximum atomic E-state index is 13.9. The number of ether oxygens (including phenoxy) is 1. The van der Waals surface area contributed by atoms with Crippen molar-refractivity contribution in [1.29, 1.82) is 0 Å². The molecule has 1 saturated carbocycles. The van der Waals surface area contributed by atoms with Crippen molar-refractivity contribution in [2.75, 3.05) is 32.8 Å². The summed E-state index contributed by atoms with van der Waals surface area (Å²) >= 11 is 0. The van der Waals surface area contributed by atoms with Gasteiger partial charge in [-0.25, -0.2) is 8.78 Å². The Morgan fingerprint density at radius 1 is 1.00 bits per heavy atom. The number of carbonyl (C=O) groups is 2. The molecule has 2 aliphatic heterocycles. The summed E-state index contributed by atoms with van der Waals surface area (Å²) in [6, 6.07) is 3.49. The predicted molar refractivity (Wildman–Crippen MR) is 117 cm³/mol. The number of amides is 1. The number of rotatable bonds is 7. The van der Waals surface area contributed by atoms with E-state index in [0.29, 0.717) is 25.2 Å². The van der Waals surface area contributed by atoms with Crippen LogP contribution in [0.4, 0.5) is 8.78 Å². The summed E-state index contributed by atoms with van der Waals surface area (Å²) in [5.74, 6) is -0.937. The van der Waals surface area contributed by atoms with Crippen molar-refractivity contribution in [3.05, 3.63) is 35.4 Å². The molecule has 1 aromatic carbocycles. The summed E-state index contributed by atoms with van der Waals surface area (Å²) in [6.07, 6.45) is 7.80. The molecule has 1 N–H and O–H groups in total. The minimum absolute atomic E-state index is 0.00848. The molecular weight excluding hydrogens is 414 g/mol. The first-order valence-electron chi connectivity index (χ1n) is 12.1. The van der Waals surface area contributed by atoms with E-state index in [1.54, 1.807) is 0 Å². The Morgan fingerprint density at radius 3 is 2.41 bits per heavy atom. The highest BCUT2D eigenvalue weighted by molar-refractivity contribution is 5.98. The van der Waals surface area contributed by atoms with Crippen molar-refractivity contribution in [2.45, 2.75) is 57.4 Å². The number of ketones is 1. The molecule has 176 valence electrons. The largest absolute Gasteiger partial charge is 0.381 e. The summed E-state index contributed by atoms with van der Waals surface area (Å²) < 4.78 is 32.3. The lowest BCUT2D eigenvalue weighted by atomic mass is 9.83. The van der Waals surface area contributed by atoms with Crippen LogP contribution in [0.25, 0.3) is 0 Å². The first-order chi connectivity index (χ1) is 15.5. The van der Waals surface area contributed by atoms with Gasteiger partial charge in [0, 0.05) is 24.6 Å². The molecule has 0 spiro atoms. The molecule has 32 heavy (non-hydrogen) atoms. The van der Waals surface area contributed by atoms with Crippen LogP contribution in [0.1, 0.15) is 61.7 Å². The molecule has 1 aliphatic carbocycles. The molecule has 0 bridgehead atoms. The van der Waals surface area contributed by atoms with Crippen molar-refractivity contribution < 1.29 is 23.1 Å². The minimum Gasteiger partial charge on any atom is -0.381 e. The number of halogens is 2. The Bertz CT molecular complexity index is 796. The van der Waals surface area contributed by atoms with Crippen LogP contribution in [-0.4, -0.2) is 55.5 Å². The molecule has 1 atom stereocenters. The smallest absolute Gasteiger partial charge is 0.225 e. The fourth-order valence-electron chi connectivity index (χ4n) is 5.35. The quantitative estimate of drug-likeness (QED) is 0.642. The van der Waals surface area contributed by atoms with Gasteiger partial charge in [-0.1, -0.05) is 0 Å². The molecule has 7 heteroatoms. The second-order valence-electron chi connectivity index (χ2n) is 9.68. The maximum Gasteiger partial charge on any atom is 0.225 e. The van der Waals surface area contributed by atoms with Crippen LogP contribution in [0.15, 0.2) is 18.2 Å². The monoisotopic (exact) mass is 448 g/mol. The van der Waals surface area contributed by atoms with Crippen LogP contribution >= 0.6 is 0 Å². The lowest BCUT2D eigenvalue weighted by molar-refractivity contribution is -0.126. The molecular formula is C25H34F2N2O3. The third kappa shape index (κ3) is 5.93. The predicted octanol–water partition coefficient (Wildman–Crippen LogP) is 3.96. The minimum atomic E-state index is -0.763. The van der Waals surface area contributed by atoms with E-state index in [4.69, 9.17) is 4.74 Å².